The molecule has 0 saturated carbocycles. The molecule has 0 radical (unpaired) electrons. The molecule has 6 nitrogen and oxygen atoms in total. The number of fused-ring (bicyclic) bond motifs is 1. The predicted molar refractivity (Wildman–Crippen MR) is 119 cm³/mol. The van der Waals surface area contributed by atoms with E-state index >= 15 is 0 Å². The summed E-state index contributed by atoms with van der Waals surface area (Å²) in [6, 6.07) is 10.4. The van der Waals surface area contributed by atoms with Crippen molar-refractivity contribution < 1.29 is 4.79 Å². The van der Waals surface area contributed by atoms with Crippen LogP contribution in [0.25, 0.3) is 11.8 Å². The Morgan fingerprint density at radius 1 is 1.18 bits per heavy atom. The van der Waals surface area contributed by atoms with Crippen molar-refractivity contribution in [2.45, 2.75) is 20.8 Å². The second-order valence-electron chi connectivity index (χ2n) is 6.61. The molecule has 0 fully saturated rings. The number of nitrogens with one attached hydrogen (secondary N) is 1. The van der Waals surface area contributed by atoms with Crippen LogP contribution in [0, 0.1) is 26.2 Å². The zero-order valence-electron chi connectivity index (χ0n) is 16.0. The molecular formula is C20H19N5OS2. The monoisotopic (exact) mass is 409 g/mol. The summed E-state index contributed by atoms with van der Waals surface area (Å²) in [6.45, 7) is 6.12. The molecule has 28 heavy (non-hydrogen) atoms. The first-order valence-electron chi connectivity index (χ1n) is 8.69. The van der Waals surface area contributed by atoms with Gasteiger partial charge in [-0.15, -0.1) is 0 Å². The van der Waals surface area contributed by atoms with Crippen molar-refractivity contribution in [3.8, 4) is 5.69 Å². The zero-order valence-corrected chi connectivity index (χ0v) is 17.6. The third kappa shape index (κ3) is 3.02. The van der Waals surface area contributed by atoms with Crippen molar-refractivity contribution in [2.24, 2.45) is 9.39 Å². The molecule has 1 aromatic carbocycles. The Morgan fingerprint density at radius 2 is 1.89 bits per heavy atom. The quantitative estimate of drug-likeness (QED) is 0.591. The number of hydrogen-bond acceptors (Lipinski definition) is 5. The highest BCUT2D eigenvalue weighted by Gasteiger charge is 2.37. The van der Waals surface area contributed by atoms with Gasteiger partial charge in [-0.2, -0.15) is 9.39 Å². The summed E-state index contributed by atoms with van der Waals surface area (Å²) in [5.41, 5.74) is 5.53. The minimum atomic E-state index is -0.401. The summed E-state index contributed by atoms with van der Waals surface area (Å²) in [7, 11) is 0. The van der Waals surface area contributed by atoms with E-state index in [0.717, 1.165) is 34.6 Å². The molecule has 0 saturated heterocycles. The SMILES string of the molecule is CSC1=NSC2=NC(=O)/C(=C\c3cc(C)n(-c4ccc(C)cc4)c3C)C(=N)N12. The second kappa shape index (κ2) is 7.10. The molecule has 3 heterocycles. The Balaban J connectivity index is 1.77. The Hall–Kier alpha value is -2.58. The predicted octanol–water partition coefficient (Wildman–Crippen LogP) is 4.34. The molecule has 0 aliphatic carbocycles. The minimum Gasteiger partial charge on any atom is -0.318 e. The van der Waals surface area contributed by atoms with Crippen LogP contribution >= 0.6 is 23.7 Å². The number of aromatic nitrogens is 1. The Kier molecular flexibility index (Phi) is 4.76. The van der Waals surface area contributed by atoms with Gasteiger partial charge in [0.1, 0.15) is 5.84 Å². The third-order valence-corrected chi connectivity index (χ3v) is 6.20. The van der Waals surface area contributed by atoms with Crippen LogP contribution in [0.2, 0.25) is 0 Å². The summed E-state index contributed by atoms with van der Waals surface area (Å²) in [5, 5.41) is 9.66. The second-order valence-corrected chi connectivity index (χ2v) is 8.11. The van der Waals surface area contributed by atoms with Crippen LogP contribution in [0.3, 0.4) is 0 Å². The molecule has 1 aromatic heterocycles. The van der Waals surface area contributed by atoms with Crippen molar-refractivity contribution >= 4 is 51.9 Å². The minimum absolute atomic E-state index is 0.119. The first-order valence-corrected chi connectivity index (χ1v) is 10.7. The van der Waals surface area contributed by atoms with Crippen LogP contribution in [0.4, 0.5) is 0 Å². The van der Waals surface area contributed by atoms with Crippen molar-refractivity contribution in [1.82, 2.24) is 9.47 Å². The van der Waals surface area contributed by atoms with Gasteiger partial charge in [0.05, 0.1) is 17.5 Å². The lowest BCUT2D eigenvalue weighted by molar-refractivity contribution is -0.114. The molecular weight excluding hydrogens is 390 g/mol. The largest absolute Gasteiger partial charge is 0.318 e. The number of hydrogen-bond donors (Lipinski definition) is 1. The molecule has 2 aliphatic rings. The lowest BCUT2D eigenvalue weighted by atomic mass is 10.1. The van der Waals surface area contributed by atoms with Gasteiger partial charge in [-0.1, -0.05) is 29.5 Å². The van der Waals surface area contributed by atoms with Gasteiger partial charge in [0.2, 0.25) is 5.17 Å². The van der Waals surface area contributed by atoms with Gasteiger partial charge in [0, 0.05) is 17.1 Å². The number of nitrogens with zero attached hydrogens (tertiary/aromatic N) is 4. The van der Waals surface area contributed by atoms with Gasteiger partial charge >= 0.3 is 0 Å². The summed E-state index contributed by atoms with van der Waals surface area (Å²) in [6.07, 6.45) is 3.66. The third-order valence-electron chi connectivity index (χ3n) is 4.74. The molecule has 2 aromatic rings. The molecule has 142 valence electrons. The highest BCUT2D eigenvalue weighted by molar-refractivity contribution is 8.18. The van der Waals surface area contributed by atoms with Crippen LogP contribution in [-0.2, 0) is 4.79 Å². The van der Waals surface area contributed by atoms with Crippen LogP contribution in [0.15, 0.2) is 45.3 Å². The average Bonchev–Trinajstić information content (AvgIpc) is 3.20. The zero-order chi connectivity index (χ0) is 20.0. The Bertz CT molecular complexity index is 1090. The number of carbonyl (C=O) groups is 1. The van der Waals surface area contributed by atoms with E-state index in [1.807, 2.05) is 26.2 Å². The van der Waals surface area contributed by atoms with Gasteiger partial charge in [-0.25, -0.2) is 4.90 Å². The number of thioether (sulfide) groups is 1. The molecule has 0 unspecified atom stereocenters. The fourth-order valence-corrected chi connectivity index (χ4v) is 4.77. The highest BCUT2D eigenvalue weighted by atomic mass is 32.2. The van der Waals surface area contributed by atoms with Gasteiger partial charge in [-0.3, -0.25) is 10.2 Å². The lowest BCUT2D eigenvalue weighted by Crippen LogP contribution is -2.41. The van der Waals surface area contributed by atoms with E-state index in [2.05, 4.69) is 45.1 Å². The van der Waals surface area contributed by atoms with E-state index < -0.39 is 5.91 Å². The fourth-order valence-electron chi connectivity index (χ4n) is 3.31. The molecule has 0 bridgehead atoms. The maximum atomic E-state index is 12.6. The standard InChI is InChI=1S/C20H19N5OS2/c1-11-5-7-15(8-6-11)24-12(2)9-14(13(24)3)10-16-17(21)25-19(22-18(16)26)28-23-20(25)27-4/h5-10,21H,1-4H3/b16-10-,21-17?. The van der Waals surface area contributed by atoms with Crippen molar-refractivity contribution in [3.63, 3.8) is 0 Å². The first kappa shape index (κ1) is 18.8. The number of amides is 1. The summed E-state index contributed by atoms with van der Waals surface area (Å²) >= 11 is 2.56. The van der Waals surface area contributed by atoms with Gasteiger partial charge in [-0.05, 0) is 56.9 Å². The lowest BCUT2D eigenvalue weighted by Gasteiger charge is -2.23. The van der Waals surface area contributed by atoms with Crippen LogP contribution in [0.1, 0.15) is 22.5 Å². The number of rotatable bonds is 2. The Morgan fingerprint density at radius 3 is 2.57 bits per heavy atom. The number of amidine groups is 3. The van der Waals surface area contributed by atoms with E-state index in [9.17, 15) is 4.79 Å². The van der Waals surface area contributed by atoms with Crippen molar-refractivity contribution in [3.05, 3.63) is 58.4 Å². The first-order chi connectivity index (χ1) is 13.4. The molecule has 0 atom stereocenters. The molecule has 1 N–H and O–H groups in total. The molecule has 2 aliphatic heterocycles. The fraction of sp³-hybridized carbons (Fsp3) is 0.200. The van der Waals surface area contributed by atoms with Crippen LogP contribution < -0.4 is 0 Å². The summed E-state index contributed by atoms with van der Waals surface area (Å²) in [4.78, 5) is 18.3. The number of aliphatic imine (C=N–C) groups is 1. The van der Waals surface area contributed by atoms with E-state index in [0.29, 0.717) is 10.3 Å². The average molecular weight is 410 g/mol. The van der Waals surface area contributed by atoms with Gasteiger partial charge < -0.3 is 4.57 Å². The normalized spacial score (nSPS) is 17.9. The van der Waals surface area contributed by atoms with Crippen molar-refractivity contribution in [1.29, 1.82) is 5.41 Å². The highest BCUT2D eigenvalue weighted by Crippen LogP contribution is 2.32. The maximum absolute atomic E-state index is 12.6. The Labute approximate surface area is 172 Å². The summed E-state index contributed by atoms with van der Waals surface area (Å²) in [5.74, 6) is -0.283. The van der Waals surface area contributed by atoms with E-state index in [-0.39, 0.29) is 11.4 Å². The topological polar surface area (TPSA) is 73.8 Å². The van der Waals surface area contributed by atoms with Gasteiger partial charge in [0.25, 0.3) is 5.91 Å². The van der Waals surface area contributed by atoms with Crippen molar-refractivity contribution in [2.75, 3.05) is 6.26 Å². The molecule has 8 heteroatoms. The number of benzene rings is 1. The van der Waals surface area contributed by atoms with E-state index in [1.165, 1.54) is 17.3 Å². The number of aryl methyl sites for hydroxylation is 2. The molecule has 0 spiro atoms. The number of carbonyl (C=O) groups excluding carboxylic acids is 1. The van der Waals surface area contributed by atoms with E-state index in [4.69, 9.17) is 5.41 Å². The summed E-state index contributed by atoms with van der Waals surface area (Å²) < 4.78 is 6.43. The van der Waals surface area contributed by atoms with Crippen LogP contribution in [-0.4, -0.2) is 37.8 Å². The molecule has 1 amide bonds. The van der Waals surface area contributed by atoms with E-state index in [1.54, 1.807) is 11.0 Å². The molecule has 4 rings (SSSR count). The smallest absolute Gasteiger partial charge is 0.283 e. The van der Waals surface area contributed by atoms with Crippen LogP contribution in [0.5, 0.6) is 0 Å². The van der Waals surface area contributed by atoms with Gasteiger partial charge in [0.15, 0.2) is 5.17 Å². The maximum Gasteiger partial charge on any atom is 0.283 e.